The molecule has 0 saturated heterocycles. The van der Waals surface area contributed by atoms with Gasteiger partial charge in [-0.05, 0) is 18.8 Å². The fourth-order valence-electron chi connectivity index (χ4n) is 1.58. The molecule has 1 aliphatic rings. The zero-order valence-electron chi connectivity index (χ0n) is 10.2. The third-order valence-electron chi connectivity index (χ3n) is 2.85. The van der Waals surface area contributed by atoms with Crippen molar-refractivity contribution in [2.45, 2.75) is 32.7 Å². The van der Waals surface area contributed by atoms with Crippen molar-refractivity contribution in [2.24, 2.45) is 5.92 Å². The molecule has 5 nitrogen and oxygen atoms in total. The van der Waals surface area contributed by atoms with E-state index in [2.05, 4.69) is 34.4 Å². The third kappa shape index (κ3) is 3.15. The van der Waals surface area contributed by atoms with E-state index in [-0.39, 0.29) is 5.91 Å². The van der Waals surface area contributed by atoms with Gasteiger partial charge in [-0.3, -0.25) is 9.78 Å². The van der Waals surface area contributed by atoms with Gasteiger partial charge in [0.2, 0.25) is 0 Å². The van der Waals surface area contributed by atoms with Crippen molar-refractivity contribution in [3.63, 3.8) is 0 Å². The minimum Gasteiger partial charge on any atom is -0.369 e. The Morgan fingerprint density at radius 3 is 2.94 bits per heavy atom. The minimum absolute atomic E-state index is 0.132. The van der Waals surface area contributed by atoms with Crippen LogP contribution in [0.15, 0.2) is 12.4 Å². The van der Waals surface area contributed by atoms with Crippen LogP contribution in [0.25, 0.3) is 0 Å². The Morgan fingerprint density at radius 1 is 1.53 bits per heavy atom. The topological polar surface area (TPSA) is 66.9 Å². The molecule has 92 valence electrons. The van der Waals surface area contributed by atoms with Gasteiger partial charge >= 0.3 is 0 Å². The van der Waals surface area contributed by atoms with Crippen molar-refractivity contribution < 1.29 is 4.79 Å². The highest BCUT2D eigenvalue weighted by molar-refractivity contribution is 5.92. The van der Waals surface area contributed by atoms with E-state index in [1.165, 1.54) is 6.20 Å². The molecule has 17 heavy (non-hydrogen) atoms. The van der Waals surface area contributed by atoms with Crippen LogP contribution in [0.4, 0.5) is 5.82 Å². The van der Waals surface area contributed by atoms with Crippen LogP contribution in [0, 0.1) is 5.92 Å². The fraction of sp³-hybridized carbons (Fsp3) is 0.583. The van der Waals surface area contributed by atoms with Crippen molar-refractivity contribution in [1.82, 2.24) is 15.3 Å². The van der Waals surface area contributed by atoms with Gasteiger partial charge in [-0.1, -0.05) is 13.8 Å². The lowest BCUT2D eigenvalue weighted by molar-refractivity contribution is 0.0944. The molecule has 1 aromatic rings. The molecule has 1 heterocycles. The van der Waals surface area contributed by atoms with Crippen molar-refractivity contribution in [3.05, 3.63) is 18.1 Å². The second-order valence-corrected chi connectivity index (χ2v) is 4.51. The summed E-state index contributed by atoms with van der Waals surface area (Å²) in [5.74, 6) is 1.11. The standard InChI is InChI=1S/C12H18N4O/c1-3-4-14-11-7-13-6-10(15-11)12(17)16-9-5-8(9)2/h6-9H,3-5H2,1-2H3,(H,14,15)(H,16,17). The second-order valence-electron chi connectivity index (χ2n) is 4.51. The number of carbonyl (C=O) groups is 1. The maximum Gasteiger partial charge on any atom is 0.271 e. The molecule has 0 radical (unpaired) electrons. The predicted molar refractivity (Wildman–Crippen MR) is 65.8 cm³/mol. The molecule has 0 spiro atoms. The summed E-state index contributed by atoms with van der Waals surface area (Å²) < 4.78 is 0. The van der Waals surface area contributed by atoms with E-state index in [4.69, 9.17) is 0 Å². The van der Waals surface area contributed by atoms with E-state index in [9.17, 15) is 4.79 Å². The average Bonchev–Trinajstić information content (AvgIpc) is 3.02. The van der Waals surface area contributed by atoms with Crippen molar-refractivity contribution in [2.75, 3.05) is 11.9 Å². The van der Waals surface area contributed by atoms with Crippen molar-refractivity contribution >= 4 is 11.7 Å². The van der Waals surface area contributed by atoms with Crippen molar-refractivity contribution in [1.29, 1.82) is 0 Å². The molecule has 2 N–H and O–H groups in total. The summed E-state index contributed by atoms with van der Waals surface area (Å²) in [6.45, 7) is 5.03. The number of hydrogen-bond acceptors (Lipinski definition) is 4. The van der Waals surface area contributed by atoms with Gasteiger partial charge in [-0.15, -0.1) is 0 Å². The van der Waals surface area contributed by atoms with Gasteiger partial charge in [0.25, 0.3) is 5.91 Å². The Labute approximate surface area is 101 Å². The predicted octanol–water partition coefficient (Wildman–Crippen LogP) is 1.44. The summed E-state index contributed by atoms with van der Waals surface area (Å²) in [6.07, 6.45) is 5.20. The Hall–Kier alpha value is -1.65. The molecule has 0 bridgehead atoms. The van der Waals surface area contributed by atoms with Crippen LogP contribution in [-0.2, 0) is 0 Å². The van der Waals surface area contributed by atoms with E-state index in [1.807, 2.05) is 0 Å². The average molecular weight is 234 g/mol. The summed E-state index contributed by atoms with van der Waals surface area (Å²) in [4.78, 5) is 20.1. The van der Waals surface area contributed by atoms with E-state index >= 15 is 0 Å². The van der Waals surface area contributed by atoms with Gasteiger partial charge in [0.05, 0.1) is 12.4 Å². The first-order valence-corrected chi connectivity index (χ1v) is 6.07. The highest BCUT2D eigenvalue weighted by Gasteiger charge is 2.34. The maximum absolute atomic E-state index is 11.8. The van der Waals surface area contributed by atoms with Crippen LogP contribution in [-0.4, -0.2) is 28.5 Å². The van der Waals surface area contributed by atoms with E-state index in [0.717, 1.165) is 19.4 Å². The lowest BCUT2D eigenvalue weighted by Crippen LogP contribution is -2.27. The lowest BCUT2D eigenvalue weighted by atomic mass is 10.4. The first-order valence-electron chi connectivity index (χ1n) is 6.07. The highest BCUT2D eigenvalue weighted by atomic mass is 16.2. The minimum atomic E-state index is -0.132. The van der Waals surface area contributed by atoms with Gasteiger partial charge in [0.15, 0.2) is 0 Å². The van der Waals surface area contributed by atoms with Crippen molar-refractivity contribution in [3.8, 4) is 0 Å². The van der Waals surface area contributed by atoms with Crippen LogP contribution in [0.3, 0.4) is 0 Å². The number of amides is 1. The summed E-state index contributed by atoms with van der Waals surface area (Å²) in [6, 6.07) is 0.316. The summed E-state index contributed by atoms with van der Waals surface area (Å²) in [7, 11) is 0. The molecule has 1 saturated carbocycles. The molecule has 1 fully saturated rings. The number of carbonyl (C=O) groups excluding carboxylic acids is 1. The monoisotopic (exact) mass is 234 g/mol. The molecule has 0 aromatic carbocycles. The van der Waals surface area contributed by atoms with E-state index in [0.29, 0.717) is 23.5 Å². The van der Waals surface area contributed by atoms with Gasteiger partial charge in [0, 0.05) is 12.6 Å². The normalized spacial score (nSPS) is 22.0. The molecule has 2 rings (SSSR count). The Balaban J connectivity index is 1.97. The third-order valence-corrected chi connectivity index (χ3v) is 2.85. The molecule has 1 aliphatic carbocycles. The summed E-state index contributed by atoms with van der Waals surface area (Å²) in [5, 5.41) is 6.05. The Bertz CT molecular complexity index is 407. The van der Waals surface area contributed by atoms with Crippen LogP contribution in [0.1, 0.15) is 37.2 Å². The number of hydrogen-bond donors (Lipinski definition) is 2. The number of nitrogens with one attached hydrogen (secondary N) is 2. The van der Waals surface area contributed by atoms with Gasteiger partial charge < -0.3 is 10.6 Å². The molecule has 1 amide bonds. The molecule has 1 aromatic heterocycles. The zero-order chi connectivity index (χ0) is 12.3. The highest BCUT2D eigenvalue weighted by Crippen LogP contribution is 2.29. The molecule has 2 atom stereocenters. The van der Waals surface area contributed by atoms with Gasteiger partial charge in [-0.25, -0.2) is 4.98 Å². The van der Waals surface area contributed by atoms with Crippen LogP contribution >= 0.6 is 0 Å². The number of aromatic nitrogens is 2. The van der Waals surface area contributed by atoms with Gasteiger partial charge in [-0.2, -0.15) is 0 Å². The largest absolute Gasteiger partial charge is 0.369 e. The molecular formula is C12H18N4O. The van der Waals surface area contributed by atoms with Gasteiger partial charge in [0.1, 0.15) is 11.5 Å². The Morgan fingerprint density at radius 2 is 2.29 bits per heavy atom. The summed E-state index contributed by atoms with van der Waals surface area (Å²) in [5.41, 5.74) is 0.380. The first kappa shape index (κ1) is 11.8. The Kier molecular flexibility index (Phi) is 3.56. The van der Waals surface area contributed by atoms with Crippen LogP contribution in [0.2, 0.25) is 0 Å². The smallest absolute Gasteiger partial charge is 0.271 e. The van der Waals surface area contributed by atoms with Crippen LogP contribution in [0.5, 0.6) is 0 Å². The summed E-state index contributed by atoms with van der Waals surface area (Å²) >= 11 is 0. The fourth-order valence-corrected chi connectivity index (χ4v) is 1.58. The zero-order valence-corrected chi connectivity index (χ0v) is 10.2. The lowest BCUT2D eigenvalue weighted by Gasteiger charge is -2.06. The number of nitrogens with zero attached hydrogens (tertiary/aromatic N) is 2. The molecule has 2 unspecified atom stereocenters. The number of rotatable bonds is 5. The molecule has 0 aliphatic heterocycles. The van der Waals surface area contributed by atoms with Crippen LogP contribution < -0.4 is 10.6 Å². The van der Waals surface area contributed by atoms with E-state index in [1.54, 1.807) is 6.20 Å². The SMILES string of the molecule is CCCNc1cncc(C(=O)NC2CC2C)n1. The van der Waals surface area contributed by atoms with E-state index < -0.39 is 0 Å². The molecular weight excluding hydrogens is 216 g/mol. The first-order chi connectivity index (χ1) is 8.20. The second kappa shape index (κ2) is 5.12. The maximum atomic E-state index is 11.8. The quantitative estimate of drug-likeness (QED) is 0.809. The molecule has 5 heteroatoms. The number of anilines is 1.